The maximum Gasteiger partial charge on any atom is 0.417 e. The lowest BCUT2D eigenvalue weighted by Gasteiger charge is -2.13. The van der Waals surface area contributed by atoms with Gasteiger partial charge in [0.15, 0.2) is 0 Å². The number of benzene rings is 2. The lowest BCUT2D eigenvalue weighted by atomic mass is 10.2. The Hall–Kier alpha value is -3.40. The highest BCUT2D eigenvalue weighted by Crippen LogP contribution is 2.35. The molecule has 168 valence electrons. The number of ether oxygens (including phenoxy) is 1. The van der Waals surface area contributed by atoms with E-state index in [0.29, 0.717) is 23.5 Å². The lowest BCUT2D eigenvalue weighted by Crippen LogP contribution is -2.29. The highest BCUT2D eigenvalue weighted by Gasteiger charge is 2.31. The van der Waals surface area contributed by atoms with Crippen molar-refractivity contribution in [1.29, 1.82) is 0 Å². The van der Waals surface area contributed by atoms with E-state index in [4.69, 9.17) is 16.3 Å². The molecule has 0 radical (unpaired) electrons. The predicted octanol–water partition coefficient (Wildman–Crippen LogP) is 6.45. The summed E-state index contributed by atoms with van der Waals surface area (Å²) in [6.07, 6.45) is -3.98. The van der Waals surface area contributed by atoms with Crippen LogP contribution in [0.25, 0.3) is 0 Å². The number of anilines is 1. The van der Waals surface area contributed by atoms with Crippen LogP contribution < -0.4 is 15.4 Å². The van der Waals surface area contributed by atoms with E-state index in [2.05, 4.69) is 15.6 Å². The van der Waals surface area contributed by atoms with Gasteiger partial charge < -0.3 is 15.4 Å². The van der Waals surface area contributed by atoms with E-state index in [0.717, 1.165) is 12.1 Å². The van der Waals surface area contributed by atoms with Gasteiger partial charge in [0.05, 0.1) is 12.1 Å². The molecule has 2 aromatic carbocycles. The summed E-state index contributed by atoms with van der Waals surface area (Å²) in [5.41, 5.74) is -0.371. The van der Waals surface area contributed by atoms with Crippen LogP contribution in [-0.2, 0) is 12.7 Å². The first-order valence-electron chi connectivity index (χ1n) is 9.03. The second kappa shape index (κ2) is 9.39. The van der Waals surface area contributed by atoms with Crippen LogP contribution in [-0.4, -0.2) is 11.0 Å². The Labute approximate surface area is 184 Å². The van der Waals surface area contributed by atoms with Gasteiger partial charge in [-0.25, -0.2) is 18.6 Å². The van der Waals surface area contributed by atoms with Gasteiger partial charge in [-0.2, -0.15) is 13.2 Å². The number of pyridine rings is 1. The van der Waals surface area contributed by atoms with Crippen molar-refractivity contribution >= 4 is 23.3 Å². The SMILES string of the molecule is Cc1cc(Oc2ncc(C(F)(F)F)cc2Cl)ccc1NC(=O)NCc1c(F)cccc1F. The summed E-state index contributed by atoms with van der Waals surface area (Å²) in [6, 6.07) is 7.81. The molecule has 2 N–H and O–H groups in total. The van der Waals surface area contributed by atoms with Gasteiger partial charge in [0.1, 0.15) is 22.4 Å². The fourth-order valence-corrected chi connectivity index (χ4v) is 2.85. The lowest BCUT2D eigenvalue weighted by molar-refractivity contribution is -0.137. The maximum absolute atomic E-state index is 13.6. The minimum atomic E-state index is -4.59. The van der Waals surface area contributed by atoms with Crippen LogP contribution >= 0.6 is 11.6 Å². The van der Waals surface area contributed by atoms with E-state index in [1.54, 1.807) is 6.92 Å². The van der Waals surface area contributed by atoms with Gasteiger partial charge in [0.25, 0.3) is 0 Å². The zero-order valence-electron chi connectivity index (χ0n) is 16.4. The standard InChI is InChI=1S/C21H15ClF5N3O2/c1-11-7-13(32-19-15(22)8-12(9-28-19)21(25,26)27)5-6-18(11)30-20(31)29-10-14-16(23)3-2-4-17(14)24/h2-9H,10H2,1H3,(H2,29,30,31). The van der Waals surface area contributed by atoms with Crippen LogP contribution in [0.3, 0.4) is 0 Å². The van der Waals surface area contributed by atoms with E-state index in [-0.39, 0.29) is 28.8 Å². The van der Waals surface area contributed by atoms with Crippen LogP contribution in [0.2, 0.25) is 5.02 Å². The van der Waals surface area contributed by atoms with Crippen LogP contribution in [0.4, 0.5) is 32.4 Å². The average molecular weight is 472 g/mol. The number of carbonyl (C=O) groups excluding carboxylic acids is 1. The molecule has 0 fully saturated rings. The smallest absolute Gasteiger partial charge is 0.417 e. The third kappa shape index (κ3) is 5.64. The number of alkyl halides is 3. The van der Waals surface area contributed by atoms with Gasteiger partial charge in [-0.15, -0.1) is 0 Å². The average Bonchev–Trinajstić information content (AvgIpc) is 2.70. The first-order valence-corrected chi connectivity index (χ1v) is 9.41. The summed E-state index contributed by atoms with van der Waals surface area (Å²) in [5, 5.41) is 4.56. The Morgan fingerprint density at radius 3 is 2.41 bits per heavy atom. The molecule has 5 nitrogen and oxygen atoms in total. The van der Waals surface area contributed by atoms with Crippen LogP contribution in [0.5, 0.6) is 11.6 Å². The molecule has 11 heteroatoms. The summed E-state index contributed by atoms with van der Waals surface area (Å²) < 4.78 is 70.8. The van der Waals surface area contributed by atoms with Crippen LogP contribution in [0.1, 0.15) is 16.7 Å². The number of aromatic nitrogens is 1. The molecule has 0 aliphatic rings. The molecule has 0 atom stereocenters. The van der Waals surface area contributed by atoms with Crippen LogP contribution in [0.15, 0.2) is 48.7 Å². The molecule has 3 rings (SSSR count). The number of aryl methyl sites for hydroxylation is 1. The molecule has 1 heterocycles. The van der Waals surface area contributed by atoms with Gasteiger partial charge in [-0.05, 0) is 48.9 Å². The minimum Gasteiger partial charge on any atom is -0.438 e. The van der Waals surface area contributed by atoms with Crippen molar-refractivity contribution in [2.24, 2.45) is 0 Å². The normalized spacial score (nSPS) is 11.2. The van der Waals surface area contributed by atoms with E-state index >= 15 is 0 Å². The molecule has 0 spiro atoms. The predicted molar refractivity (Wildman–Crippen MR) is 108 cm³/mol. The second-order valence-corrected chi connectivity index (χ2v) is 7.00. The first kappa shape index (κ1) is 23.3. The highest BCUT2D eigenvalue weighted by molar-refractivity contribution is 6.31. The number of hydrogen-bond donors (Lipinski definition) is 2. The second-order valence-electron chi connectivity index (χ2n) is 6.60. The van der Waals surface area contributed by atoms with Crippen molar-refractivity contribution in [2.45, 2.75) is 19.6 Å². The summed E-state index contributed by atoms with van der Waals surface area (Å²) in [4.78, 5) is 15.7. The van der Waals surface area contributed by atoms with Crippen molar-refractivity contribution in [2.75, 3.05) is 5.32 Å². The minimum absolute atomic E-state index is 0.218. The first-order chi connectivity index (χ1) is 15.0. The maximum atomic E-state index is 13.6. The number of amides is 2. The molecule has 0 aliphatic heterocycles. The van der Waals surface area contributed by atoms with Crippen molar-refractivity contribution in [3.8, 4) is 11.6 Å². The number of nitrogens with zero attached hydrogens (tertiary/aromatic N) is 1. The van der Waals surface area contributed by atoms with E-state index < -0.39 is 29.4 Å². The molecule has 2 amide bonds. The Kier molecular flexibility index (Phi) is 6.83. The van der Waals surface area contributed by atoms with Crippen molar-refractivity contribution in [3.63, 3.8) is 0 Å². The highest BCUT2D eigenvalue weighted by atomic mass is 35.5. The Morgan fingerprint density at radius 2 is 1.81 bits per heavy atom. The number of halogens is 6. The fourth-order valence-electron chi connectivity index (χ4n) is 2.64. The van der Waals surface area contributed by atoms with Gasteiger partial charge in [-0.3, -0.25) is 0 Å². The molecule has 0 saturated heterocycles. The van der Waals surface area contributed by atoms with E-state index in [9.17, 15) is 26.7 Å². The van der Waals surface area contributed by atoms with Crippen molar-refractivity contribution in [3.05, 3.63) is 82.0 Å². The largest absolute Gasteiger partial charge is 0.438 e. The van der Waals surface area contributed by atoms with E-state index in [1.165, 1.54) is 24.3 Å². The van der Waals surface area contributed by atoms with Crippen LogP contribution in [0, 0.1) is 18.6 Å². The number of hydrogen-bond acceptors (Lipinski definition) is 3. The summed E-state index contributed by atoms with van der Waals surface area (Å²) in [5.74, 6) is -1.56. The fraction of sp³-hybridized carbons (Fsp3) is 0.143. The zero-order chi connectivity index (χ0) is 23.5. The third-order valence-electron chi connectivity index (χ3n) is 4.28. The zero-order valence-corrected chi connectivity index (χ0v) is 17.1. The quantitative estimate of drug-likeness (QED) is 0.420. The summed E-state index contributed by atoms with van der Waals surface area (Å²) in [6.45, 7) is 1.28. The number of carbonyl (C=O) groups is 1. The summed E-state index contributed by atoms with van der Waals surface area (Å²) in [7, 11) is 0. The molecule has 3 aromatic rings. The molecule has 0 aliphatic carbocycles. The molecule has 0 bridgehead atoms. The molecular weight excluding hydrogens is 457 g/mol. The third-order valence-corrected chi connectivity index (χ3v) is 4.55. The summed E-state index contributed by atoms with van der Waals surface area (Å²) >= 11 is 5.83. The molecule has 1 aromatic heterocycles. The van der Waals surface area contributed by atoms with E-state index in [1.807, 2.05) is 0 Å². The monoisotopic (exact) mass is 471 g/mol. The van der Waals surface area contributed by atoms with Gasteiger partial charge in [0, 0.05) is 17.4 Å². The Bertz CT molecular complexity index is 1130. The van der Waals surface area contributed by atoms with Crippen molar-refractivity contribution in [1.82, 2.24) is 10.3 Å². The number of rotatable bonds is 5. The molecule has 32 heavy (non-hydrogen) atoms. The van der Waals surface area contributed by atoms with Gasteiger partial charge in [0.2, 0.25) is 5.88 Å². The van der Waals surface area contributed by atoms with Gasteiger partial charge >= 0.3 is 12.2 Å². The molecule has 0 unspecified atom stereocenters. The topological polar surface area (TPSA) is 63.2 Å². The molecule has 0 saturated carbocycles. The van der Waals surface area contributed by atoms with Crippen molar-refractivity contribution < 1.29 is 31.5 Å². The van der Waals surface area contributed by atoms with Gasteiger partial charge in [-0.1, -0.05) is 17.7 Å². The number of urea groups is 1. The molecular formula is C21H15ClF5N3O2. The Balaban J connectivity index is 1.64. The number of nitrogens with one attached hydrogen (secondary N) is 2. The Morgan fingerprint density at radius 1 is 1.12 bits per heavy atom.